The van der Waals surface area contributed by atoms with Crippen molar-refractivity contribution in [1.29, 1.82) is 0 Å². The van der Waals surface area contributed by atoms with Gasteiger partial charge < -0.3 is 15.4 Å². The average Bonchev–Trinajstić information content (AvgIpc) is 2.57. The second-order valence-electron chi connectivity index (χ2n) is 5.69. The Bertz CT molecular complexity index is 656. The van der Waals surface area contributed by atoms with Gasteiger partial charge in [0.1, 0.15) is 11.4 Å². The van der Waals surface area contributed by atoms with Crippen LogP contribution in [0.1, 0.15) is 44.1 Å². The number of benzene rings is 1. The SMILES string of the molecule is CCCCNc1nccc(C(=O)Nc2ccc(OC(C)C)cc2)n1. The lowest BCUT2D eigenvalue weighted by Gasteiger charge is -2.10. The zero-order chi connectivity index (χ0) is 17.4. The molecule has 1 aromatic carbocycles. The van der Waals surface area contributed by atoms with Crippen LogP contribution >= 0.6 is 0 Å². The smallest absolute Gasteiger partial charge is 0.274 e. The van der Waals surface area contributed by atoms with E-state index in [0.29, 0.717) is 17.3 Å². The van der Waals surface area contributed by atoms with Gasteiger partial charge in [-0.3, -0.25) is 4.79 Å². The van der Waals surface area contributed by atoms with Crippen molar-refractivity contribution in [3.8, 4) is 5.75 Å². The van der Waals surface area contributed by atoms with Crippen LogP contribution in [0.15, 0.2) is 36.5 Å². The number of hydrogen-bond acceptors (Lipinski definition) is 5. The molecule has 2 rings (SSSR count). The largest absolute Gasteiger partial charge is 0.491 e. The van der Waals surface area contributed by atoms with E-state index in [1.807, 2.05) is 26.0 Å². The highest BCUT2D eigenvalue weighted by Gasteiger charge is 2.09. The maximum Gasteiger partial charge on any atom is 0.274 e. The number of anilines is 2. The van der Waals surface area contributed by atoms with Crippen molar-refractivity contribution in [2.75, 3.05) is 17.2 Å². The first-order valence-electron chi connectivity index (χ1n) is 8.23. The molecule has 1 heterocycles. The van der Waals surface area contributed by atoms with Gasteiger partial charge in [-0.25, -0.2) is 9.97 Å². The fourth-order valence-corrected chi connectivity index (χ4v) is 2.03. The van der Waals surface area contributed by atoms with Crippen molar-refractivity contribution >= 4 is 17.5 Å². The van der Waals surface area contributed by atoms with E-state index in [9.17, 15) is 4.79 Å². The van der Waals surface area contributed by atoms with Gasteiger partial charge in [0.25, 0.3) is 5.91 Å². The van der Waals surface area contributed by atoms with Crippen LogP contribution in [0.3, 0.4) is 0 Å². The fraction of sp³-hybridized carbons (Fsp3) is 0.389. The molecule has 6 nitrogen and oxygen atoms in total. The van der Waals surface area contributed by atoms with Crippen LogP contribution in [-0.4, -0.2) is 28.5 Å². The summed E-state index contributed by atoms with van der Waals surface area (Å²) in [5.74, 6) is 0.970. The number of nitrogens with one attached hydrogen (secondary N) is 2. The molecular weight excluding hydrogens is 304 g/mol. The van der Waals surface area contributed by atoms with Crippen molar-refractivity contribution in [3.05, 3.63) is 42.2 Å². The first kappa shape index (κ1) is 17.7. The molecule has 0 aliphatic rings. The average molecular weight is 328 g/mol. The topological polar surface area (TPSA) is 76.1 Å². The summed E-state index contributed by atoms with van der Waals surface area (Å²) in [7, 11) is 0. The molecule has 0 bridgehead atoms. The van der Waals surface area contributed by atoms with Gasteiger partial charge in [-0.1, -0.05) is 13.3 Å². The lowest BCUT2D eigenvalue weighted by Crippen LogP contribution is -2.15. The van der Waals surface area contributed by atoms with E-state index in [1.54, 1.807) is 24.4 Å². The molecule has 128 valence electrons. The molecule has 0 unspecified atom stereocenters. The van der Waals surface area contributed by atoms with Gasteiger partial charge in [0.2, 0.25) is 5.95 Å². The van der Waals surface area contributed by atoms with Gasteiger partial charge in [0.05, 0.1) is 6.10 Å². The molecule has 0 atom stereocenters. The number of hydrogen-bond donors (Lipinski definition) is 2. The maximum atomic E-state index is 12.3. The summed E-state index contributed by atoms with van der Waals surface area (Å²) in [4.78, 5) is 20.7. The van der Waals surface area contributed by atoms with Crippen LogP contribution < -0.4 is 15.4 Å². The fourth-order valence-electron chi connectivity index (χ4n) is 2.03. The molecule has 0 fully saturated rings. The lowest BCUT2D eigenvalue weighted by molar-refractivity contribution is 0.102. The van der Waals surface area contributed by atoms with Crippen LogP contribution in [0.5, 0.6) is 5.75 Å². The number of nitrogens with zero attached hydrogens (tertiary/aromatic N) is 2. The van der Waals surface area contributed by atoms with Gasteiger partial charge >= 0.3 is 0 Å². The number of ether oxygens (including phenoxy) is 1. The summed E-state index contributed by atoms with van der Waals surface area (Å²) >= 11 is 0. The number of unbranched alkanes of at least 4 members (excludes halogenated alkanes) is 1. The Morgan fingerprint density at radius 2 is 1.96 bits per heavy atom. The molecule has 2 aromatic rings. The quantitative estimate of drug-likeness (QED) is 0.722. The van der Waals surface area contributed by atoms with Crippen molar-refractivity contribution in [2.45, 2.75) is 39.7 Å². The van der Waals surface area contributed by atoms with E-state index in [1.165, 1.54) is 0 Å². The standard InChI is InChI=1S/C18H24N4O2/c1-4-5-11-19-18-20-12-10-16(22-18)17(23)21-14-6-8-15(9-7-14)24-13(2)3/h6-10,12-13H,4-5,11H2,1-3H3,(H,21,23)(H,19,20,22). The summed E-state index contributed by atoms with van der Waals surface area (Å²) in [6.45, 7) is 6.84. The first-order chi connectivity index (χ1) is 11.6. The molecule has 2 N–H and O–H groups in total. The third-order valence-corrected chi connectivity index (χ3v) is 3.19. The van der Waals surface area contributed by atoms with Gasteiger partial charge in [-0.05, 0) is 50.6 Å². The Morgan fingerprint density at radius 3 is 2.62 bits per heavy atom. The highest BCUT2D eigenvalue weighted by Crippen LogP contribution is 2.17. The molecule has 1 amide bonds. The Kier molecular flexibility index (Phi) is 6.54. The molecule has 0 saturated heterocycles. The summed E-state index contributed by atoms with van der Waals surface area (Å²) in [5, 5.41) is 5.93. The number of rotatable bonds is 8. The van der Waals surface area contributed by atoms with E-state index < -0.39 is 0 Å². The van der Waals surface area contributed by atoms with Crippen LogP contribution in [0.4, 0.5) is 11.6 Å². The Balaban J connectivity index is 1.97. The van der Waals surface area contributed by atoms with Crippen molar-refractivity contribution < 1.29 is 9.53 Å². The maximum absolute atomic E-state index is 12.3. The third kappa shape index (κ3) is 5.53. The van der Waals surface area contributed by atoms with E-state index >= 15 is 0 Å². The molecule has 0 aliphatic carbocycles. The molecule has 0 saturated carbocycles. The zero-order valence-electron chi connectivity index (χ0n) is 14.4. The summed E-state index contributed by atoms with van der Waals surface area (Å²) in [6.07, 6.45) is 3.81. The number of carbonyl (C=O) groups excluding carboxylic acids is 1. The molecule has 24 heavy (non-hydrogen) atoms. The summed E-state index contributed by atoms with van der Waals surface area (Å²) < 4.78 is 5.58. The van der Waals surface area contributed by atoms with Crippen LogP contribution in [-0.2, 0) is 0 Å². The van der Waals surface area contributed by atoms with Crippen LogP contribution in [0, 0.1) is 0 Å². The molecule has 1 aromatic heterocycles. The molecular formula is C18H24N4O2. The predicted octanol–water partition coefficient (Wildman–Crippen LogP) is 3.73. The van der Waals surface area contributed by atoms with E-state index in [4.69, 9.17) is 4.74 Å². The predicted molar refractivity (Wildman–Crippen MR) is 95.6 cm³/mol. The van der Waals surface area contributed by atoms with Gasteiger partial charge in [-0.2, -0.15) is 0 Å². The Morgan fingerprint density at radius 1 is 1.21 bits per heavy atom. The zero-order valence-corrected chi connectivity index (χ0v) is 14.4. The van der Waals surface area contributed by atoms with E-state index in [-0.39, 0.29) is 12.0 Å². The Labute approximate surface area is 142 Å². The monoisotopic (exact) mass is 328 g/mol. The van der Waals surface area contributed by atoms with Gasteiger partial charge in [0, 0.05) is 18.4 Å². The highest BCUT2D eigenvalue weighted by molar-refractivity contribution is 6.02. The van der Waals surface area contributed by atoms with Gasteiger partial charge in [0.15, 0.2) is 0 Å². The number of amides is 1. The molecule has 0 spiro atoms. The summed E-state index contributed by atoms with van der Waals surface area (Å²) in [6, 6.07) is 8.85. The van der Waals surface area contributed by atoms with Gasteiger partial charge in [-0.15, -0.1) is 0 Å². The van der Waals surface area contributed by atoms with E-state index in [2.05, 4.69) is 27.5 Å². The number of aromatic nitrogens is 2. The minimum absolute atomic E-state index is 0.116. The second kappa shape index (κ2) is 8.86. The molecule has 0 radical (unpaired) electrons. The van der Waals surface area contributed by atoms with Crippen molar-refractivity contribution in [2.24, 2.45) is 0 Å². The van der Waals surface area contributed by atoms with E-state index in [0.717, 1.165) is 25.1 Å². The minimum atomic E-state index is -0.270. The van der Waals surface area contributed by atoms with Crippen molar-refractivity contribution in [1.82, 2.24) is 9.97 Å². The second-order valence-corrected chi connectivity index (χ2v) is 5.69. The third-order valence-electron chi connectivity index (χ3n) is 3.19. The molecule has 6 heteroatoms. The first-order valence-corrected chi connectivity index (χ1v) is 8.23. The van der Waals surface area contributed by atoms with Crippen LogP contribution in [0.2, 0.25) is 0 Å². The summed E-state index contributed by atoms with van der Waals surface area (Å²) in [5.41, 5.74) is 1.02. The number of carbonyl (C=O) groups is 1. The van der Waals surface area contributed by atoms with Crippen molar-refractivity contribution in [3.63, 3.8) is 0 Å². The Hall–Kier alpha value is -2.63. The highest BCUT2D eigenvalue weighted by atomic mass is 16.5. The molecule has 0 aliphatic heterocycles. The van der Waals surface area contributed by atoms with Crippen LogP contribution in [0.25, 0.3) is 0 Å². The normalized spacial score (nSPS) is 10.5. The minimum Gasteiger partial charge on any atom is -0.491 e. The lowest BCUT2D eigenvalue weighted by atomic mass is 10.3.